The Morgan fingerprint density at radius 3 is 2.62 bits per heavy atom. The molecular weight excluding hydrogens is 207 g/mol. The van der Waals surface area contributed by atoms with E-state index in [9.17, 15) is 9.18 Å². The SMILES string of the molecule is Nc1ccccc1C(=O)c1ccncc1F. The number of aromatic nitrogens is 1. The number of anilines is 1. The topological polar surface area (TPSA) is 56.0 Å². The maximum atomic E-state index is 13.3. The van der Waals surface area contributed by atoms with Crippen LogP contribution in [0.5, 0.6) is 0 Å². The molecule has 0 aliphatic carbocycles. The standard InChI is InChI=1S/C12H9FN2O/c13-10-7-15-6-5-8(10)12(16)9-3-1-2-4-11(9)14/h1-7H,14H2. The zero-order valence-electron chi connectivity index (χ0n) is 8.35. The lowest BCUT2D eigenvalue weighted by atomic mass is 10.0. The van der Waals surface area contributed by atoms with Gasteiger partial charge in [-0.3, -0.25) is 9.78 Å². The number of hydrogen-bond acceptors (Lipinski definition) is 3. The van der Waals surface area contributed by atoms with Crippen LogP contribution >= 0.6 is 0 Å². The number of rotatable bonds is 2. The van der Waals surface area contributed by atoms with Gasteiger partial charge in [-0.25, -0.2) is 4.39 Å². The van der Waals surface area contributed by atoms with E-state index in [1.54, 1.807) is 24.3 Å². The summed E-state index contributed by atoms with van der Waals surface area (Å²) in [6.45, 7) is 0. The summed E-state index contributed by atoms with van der Waals surface area (Å²) in [5.41, 5.74) is 6.26. The van der Waals surface area contributed by atoms with Crippen molar-refractivity contribution in [2.24, 2.45) is 0 Å². The predicted molar refractivity (Wildman–Crippen MR) is 58.5 cm³/mol. The van der Waals surface area contributed by atoms with Gasteiger partial charge in [0, 0.05) is 17.4 Å². The number of nitrogens with two attached hydrogens (primary N) is 1. The van der Waals surface area contributed by atoms with Crippen molar-refractivity contribution < 1.29 is 9.18 Å². The van der Waals surface area contributed by atoms with Crippen molar-refractivity contribution in [3.63, 3.8) is 0 Å². The number of hydrogen-bond donors (Lipinski definition) is 1. The summed E-state index contributed by atoms with van der Waals surface area (Å²) in [5.74, 6) is -1.08. The Balaban J connectivity index is 2.48. The Labute approximate surface area is 91.7 Å². The highest BCUT2D eigenvalue weighted by atomic mass is 19.1. The Kier molecular flexibility index (Phi) is 2.64. The highest BCUT2D eigenvalue weighted by molar-refractivity contribution is 6.12. The Hall–Kier alpha value is -2.23. The van der Waals surface area contributed by atoms with Crippen LogP contribution in [0.25, 0.3) is 0 Å². The summed E-state index contributed by atoms with van der Waals surface area (Å²) in [6.07, 6.45) is 2.38. The quantitative estimate of drug-likeness (QED) is 0.617. The second-order valence-corrected chi connectivity index (χ2v) is 3.27. The van der Waals surface area contributed by atoms with E-state index in [1.165, 1.54) is 12.3 Å². The predicted octanol–water partition coefficient (Wildman–Crippen LogP) is 2.03. The van der Waals surface area contributed by atoms with Crippen LogP contribution in [0.3, 0.4) is 0 Å². The van der Waals surface area contributed by atoms with Gasteiger partial charge < -0.3 is 5.73 Å². The van der Waals surface area contributed by atoms with Crippen molar-refractivity contribution in [1.82, 2.24) is 4.98 Å². The molecule has 0 fully saturated rings. The number of carbonyl (C=O) groups excluding carboxylic acids is 1. The lowest BCUT2D eigenvalue weighted by Gasteiger charge is -2.04. The van der Waals surface area contributed by atoms with Gasteiger partial charge in [0.05, 0.1) is 11.8 Å². The second-order valence-electron chi connectivity index (χ2n) is 3.27. The summed E-state index contributed by atoms with van der Waals surface area (Å²) in [5, 5.41) is 0. The second kappa shape index (κ2) is 4.10. The molecule has 0 saturated carbocycles. The molecule has 2 N–H and O–H groups in total. The highest BCUT2D eigenvalue weighted by Gasteiger charge is 2.15. The molecule has 1 aromatic heterocycles. The summed E-state index contributed by atoms with van der Waals surface area (Å²) in [4.78, 5) is 15.5. The summed E-state index contributed by atoms with van der Waals surface area (Å²) < 4.78 is 13.3. The fraction of sp³-hybridized carbons (Fsp3) is 0. The molecular formula is C12H9FN2O. The zero-order chi connectivity index (χ0) is 11.5. The van der Waals surface area contributed by atoms with Crippen LogP contribution in [0.4, 0.5) is 10.1 Å². The van der Waals surface area contributed by atoms with Crippen molar-refractivity contribution in [2.75, 3.05) is 5.73 Å². The molecule has 0 amide bonds. The molecule has 0 aliphatic rings. The van der Waals surface area contributed by atoms with E-state index in [0.717, 1.165) is 6.20 Å². The lowest BCUT2D eigenvalue weighted by molar-refractivity contribution is 0.103. The molecule has 0 saturated heterocycles. The molecule has 80 valence electrons. The van der Waals surface area contributed by atoms with Gasteiger partial charge in [0.15, 0.2) is 11.6 Å². The van der Waals surface area contributed by atoms with E-state index < -0.39 is 11.6 Å². The van der Waals surface area contributed by atoms with E-state index in [2.05, 4.69) is 4.98 Å². The number of carbonyl (C=O) groups is 1. The van der Waals surface area contributed by atoms with Crippen LogP contribution in [0.1, 0.15) is 15.9 Å². The van der Waals surface area contributed by atoms with Crippen molar-refractivity contribution in [2.45, 2.75) is 0 Å². The minimum absolute atomic E-state index is 0.0205. The summed E-state index contributed by atoms with van der Waals surface area (Å²) >= 11 is 0. The van der Waals surface area contributed by atoms with Crippen LogP contribution in [0.2, 0.25) is 0 Å². The third-order valence-corrected chi connectivity index (χ3v) is 2.22. The fourth-order valence-electron chi connectivity index (χ4n) is 1.41. The molecule has 0 radical (unpaired) electrons. The molecule has 2 aromatic rings. The fourth-order valence-corrected chi connectivity index (χ4v) is 1.41. The first-order valence-corrected chi connectivity index (χ1v) is 4.69. The average Bonchev–Trinajstić information content (AvgIpc) is 2.29. The van der Waals surface area contributed by atoms with Gasteiger partial charge >= 0.3 is 0 Å². The van der Waals surface area contributed by atoms with Gasteiger partial charge in [0.2, 0.25) is 0 Å². The van der Waals surface area contributed by atoms with Crippen molar-refractivity contribution in [3.05, 3.63) is 59.7 Å². The third kappa shape index (κ3) is 1.77. The Morgan fingerprint density at radius 1 is 1.19 bits per heavy atom. The third-order valence-electron chi connectivity index (χ3n) is 2.22. The van der Waals surface area contributed by atoms with E-state index in [1.807, 2.05) is 0 Å². The average molecular weight is 216 g/mol. The smallest absolute Gasteiger partial charge is 0.198 e. The van der Waals surface area contributed by atoms with Gasteiger partial charge in [-0.15, -0.1) is 0 Å². The number of para-hydroxylation sites is 1. The van der Waals surface area contributed by atoms with Crippen molar-refractivity contribution in [3.8, 4) is 0 Å². The van der Waals surface area contributed by atoms with E-state index in [0.29, 0.717) is 11.3 Å². The van der Waals surface area contributed by atoms with Gasteiger partial charge in [0.1, 0.15) is 0 Å². The van der Waals surface area contributed by atoms with Gasteiger partial charge in [-0.1, -0.05) is 12.1 Å². The minimum atomic E-state index is -0.643. The molecule has 1 heterocycles. The molecule has 1 aromatic carbocycles. The zero-order valence-corrected chi connectivity index (χ0v) is 8.35. The summed E-state index contributed by atoms with van der Waals surface area (Å²) in [6, 6.07) is 7.91. The number of benzene rings is 1. The molecule has 2 rings (SSSR count). The number of pyridine rings is 1. The van der Waals surface area contributed by atoms with Gasteiger partial charge in [-0.2, -0.15) is 0 Å². The largest absolute Gasteiger partial charge is 0.398 e. The minimum Gasteiger partial charge on any atom is -0.398 e. The van der Waals surface area contributed by atoms with E-state index >= 15 is 0 Å². The maximum Gasteiger partial charge on any atom is 0.198 e. The van der Waals surface area contributed by atoms with Crippen LogP contribution in [0.15, 0.2) is 42.7 Å². The van der Waals surface area contributed by atoms with Gasteiger partial charge in [0.25, 0.3) is 0 Å². The van der Waals surface area contributed by atoms with E-state index in [-0.39, 0.29) is 5.56 Å². The monoisotopic (exact) mass is 216 g/mol. The molecule has 0 aliphatic heterocycles. The highest BCUT2D eigenvalue weighted by Crippen LogP contribution is 2.17. The Morgan fingerprint density at radius 2 is 1.94 bits per heavy atom. The first-order valence-electron chi connectivity index (χ1n) is 4.69. The number of halogens is 1. The molecule has 0 unspecified atom stereocenters. The molecule has 3 nitrogen and oxygen atoms in total. The van der Waals surface area contributed by atoms with Crippen molar-refractivity contribution in [1.29, 1.82) is 0 Å². The molecule has 0 spiro atoms. The first kappa shape index (κ1) is 10.3. The normalized spacial score (nSPS) is 10.1. The van der Waals surface area contributed by atoms with Gasteiger partial charge in [-0.05, 0) is 18.2 Å². The van der Waals surface area contributed by atoms with Crippen LogP contribution in [0, 0.1) is 5.82 Å². The number of nitrogen functional groups attached to an aromatic ring is 1. The van der Waals surface area contributed by atoms with E-state index in [4.69, 9.17) is 5.73 Å². The van der Waals surface area contributed by atoms with Crippen LogP contribution in [-0.2, 0) is 0 Å². The van der Waals surface area contributed by atoms with Crippen LogP contribution in [-0.4, -0.2) is 10.8 Å². The number of ketones is 1. The molecule has 16 heavy (non-hydrogen) atoms. The summed E-state index contributed by atoms with van der Waals surface area (Å²) in [7, 11) is 0. The van der Waals surface area contributed by atoms with Crippen molar-refractivity contribution >= 4 is 11.5 Å². The molecule has 0 atom stereocenters. The molecule has 0 bridgehead atoms. The number of nitrogens with zero attached hydrogens (tertiary/aromatic N) is 1. The maximum absolute atomic E-state index is 13.3. The Bertz CT molecular complexity index is 493. The first-order chi connectivity index (χ1) is 7.70. The molecule has 4 heteroatoms. The lowest BCUT2D eigenvalue weighted by Crippen LogP contribution is -2.07. The van der Waals surface area contributed by atoms with Crippen LogP contribution < -0.4 is 5.73 Å².